The van der Waals surface area contributed by atoms with E-state index in [1.807, 2.05) is 14.0 Å². The van der Waals surface area contributed by atoms with Crippen LogP contribution in [-0.4, -0.2) is 221 Å². The molecule has 13 rings (SSSR count). The molecular weight excluding hydrogens is 1570 g/mol. The number of hydrogen-bond donors (Lipinski definition) is 11. The molecule has 6 amide bonds. The fourth-order valence-corrected chi connectivity index (χ4v) is 22.2. The van der Waals surface area contributed by atoms with Crippen LogP contribution >= 0.6 is 11.8 Å². The lowest BCUT2D eigenvalue weighted by atomic mass is 9.45. The van der Waals surface area contributed by atoms with Crippen molar-refractivity contribution >= 4 is 110 Å². The number of fused-ring (bicyclic) bond motifs is 7. The molecule has 3 aromatic carbocycles. The number of hydrazone groups is 1. The molecule has 2 bridgehead atoms. The van der Waals surface area contributed by atoms with Crippen LogP contribution in [-0.2, 0) is 62.2 Å². The Morgan fingerprint density at radius 1 is 0.861 bits per heavy atom. The van der Waals surface area contributed by atoms with E-state index in [0.717, 1.165) is 67.0 Å². The summed E-state index contributed by atoms with van der Waals surface area (Å²) in [5.41, 5.74) is 12.1. The maximum Gasteiger partial charge on any atom is 0.279 e. The number of nitrogens with two attached hydrogens (primary N) is 1. The Labute approximate surface area is 716 Å². The number of unbranched alkanes of at least 4 members (excludes halogenated alkanes) is 1. The zero-order valence-corrected chi connectivity index (χ0v) is 73.1. The number of thioether (sulfide) groups is 1. The Kier molecular flexibility index (Phi) is 27.3. The topological polar surface area (TPSA) is 426 Å². The number of carbonyl (C=O) groups is 9. The van der Waals surface area contributed by atoms with Crippen molar-refractivity contribution in [2.45, 2.75) is 236 Å². The highest BCUT2D eigenvalue weighted by atomic mass is 32.2. The minimum Gasteiger partial charge on any atom is -0.496 e. The molecule has 31 heteroatoms. The van der Waals surface area contributed by atoms with Crippen molar-refractivity contribution in [3.8, 4) is 5.75 Å². The van der Waals surface area contributed by atoms with E-state index in [-0.39, 0.29) is 135 Å². The average molecular weight is 1690 g/mol. The number of ether oxygens (including phenoxy) is 1. The van der Waals surface area contributed by atoms with E-state index in [9.17, 15) is 53.4 Å². The number of imide groups is 1. The number of likely N-dealkylation sites (N-methyl/N-ethyl adjacent to an activating group) is 1. The first-order valence-electron chi connectivity index (χ1n) is 43.5. The Morgan fingerprint density at radius 2 is 1.61 bits per heavy atom. The predicted octanol–water partition coefficient (Wildman–Crippen LogP) is 8.30. The first-order chi connectivity index (χ1) is 58.2. The minimum atomic E-state index is -2.02. The van der Waals surface area contributed by atoms with Gasteiger partial charge in [-0.3, -0.25) is 68.1 Å². The van der Waals surface area contributed by atoms with E-state index in [1.54, 1.807) is 66.0 Å². The fourth-order valence-electron chi connectivity index (χ4n) is 21.1. The molecule has 6 aliphatic heterocycles. The number of benzene rings is 3. The number of aryl methyl sites for hydroxylation is 1. The van der Waals surface area contributed by atoms with Crippen molar-refractivity contribution in [1.82, 2.24) is 61.0 Å². The summed E-state index contributed by atoms with van der Waals surface area (Å²) < 4.78 is 6.57. The lowest BCUT2D eigenvalue weighted by molar-refractivity contribution is -0.178. The molecule has 4 fully saturated rings. The van der Waals surface area contributed by atoms with E-state index in [0.29, 0.717) is 97.9 Å². The quantitative estimate of drug-likeness (QED) is 0.00436. The van der Waals surface area contributed by atoms with E-state index < -0.39 is 92.1 Å². The third-order valence-electron chi connectivity index (χ3n) is 27.5. The highest BCUT2D eigenvalue weighted by Crippen LogP contribution is 2.69. The summed E-state index contributed by atoms with van der Waals surface area (Å²) in [4.78, 5) is 164. The molecule has 122 heavy (non-hydrogen) atoms. The second-order valence-corrected chi connectivity index (χ2v) is 37.0. The molecule has 6 aromatic rings. The number of amidine groups is 1. The molecular formula is C91H121N17O13S. The number of nitrogens with one attached hydrogen (secondary N) is 8. The highest BCUT2D eigenvalue weighted by molar-refractivity contribution is 8.00. The number of ketones is 3. The molecule has 654 valence electrons. The van der Waals surface area contributed by atoms with Gasteiger partial charge >= 0.3 is 0 Å². The minimum absolute atomic E-state index is 0.00935. The lowest BCUT2D eigenvalue weighted by Gasteiger charge is -2.64. The van der Waals surface area contributed by atoms with Crippen molar-refractivity contribution in [2.24, 2.45) is 39.9 Å². The van der Waals surface area contributed by atoms with Crippen LogP contribution in [0.1, 0.15) is 209 Å². The number of anilines is 2. The number of aromatic amines is 2. The molecule has 3 saturated heterocycles. The molecule has 1 saturated carbocycles. The summed E-state index contributed by atoms with van der Waals surface area (Å²) in [5.74, 6) is -4.35. The van der Waals surface area contributed by atoms with Crippen LogP contribution in [0.25, 0.3) is 22.1 Å². The van der Waals surface area contributed by atoms with Crippen LogP contribution in [0.3, 0.4) is 0 Å². The Balaban J connectivity index is 0.570. The van der Waals surface area contributed by atoms with E-state index >= 15 is 4.79 Å². The molecule has 2 unspecified atom stereocenters. The van der Waals surface area contributed by atoms with Crippen molar-refractivity contribution in [3.63, 3.8) is 0 Å². The first kappa shape index (κ1) is 89.7. The number of likely N-dealkylation sites (tertiary alicyclic amines) is 1. The first-order valence-corrected chi connectivity index (χ1v) is 44.5. The van der Waals surface area contributed by atoms with Crippen LogP contribution in [0.15, 0.2) is 88.9 Å². The molecule has 30 nitrogen and oxygen atoms in total. The molecule has 1 spiro atoms. The number of rotatable bonds is 37. The van der Waals surface area contributed by atoms with Gasteiger partial charge in [-0.05, 0) is 158 Å². The van der Waals surface area contributed by atoms with Crippen LogP contribution in [0, 0.1) is 41.4 Å². The van der Waals surface area contributed by atoms with Gasteiger partial charge in [0.15, 0.2) is 28.3 Å². The van der Waals surface area contributed by atoms with E-state index in [2.05, 4.69) is 141 Å². The van der Waals surface area contributed by atoms with Crippen molar-refractivity contribution in [1.29, 1.82) is 5.41 Å². The number of hydrogen-bond acceptors (Lipinski definition) is 23. The SMILES string of the molecule is CC[C@]1(O)C[C@H]2CN(CCc3c([nH]c4ccccc34)[C@@](C)(c3cc4c(cc3OC)N(C)[C@H]3[C@@](O)(C(=O)N/N=C(/C)CCN5C(=O)CC(SCCCC(=O)[C@H](C)NC(=O)[C@H](C)CC(=O)[C@H](CCCCC(=N)N)NC(=O)[C@H](C)CC(=O)CCCNC(=O)c6ccc(NCc7cnc8nc(C)[nH]c(=O)c8n7)cc6)C5=O)[C@H](C)[C@]5(CC)C=CCN6CC[C@]43[C@@H]65)C2)C1. The normalized spacial score (nSPS) is 26.4. The summed E-state index contributed by atoms with van der Waals surface area (Å²) in [6.45, 7) is 21.0. The molecule has 0 radical (unpaired) electrons. The summed E-state index contributed by atoms with van der Waals surface area (Å²) in [5, 5.41) is 50.5. The molecule has 9 heterocycles. The van der Waals surface area contributed by atoms with Crippen molar-refractivity contribution < 1.29 is 58.1 Å². The van der Waals surface area contributed by atoms with Crippen LogP contribution in [0.2, 0.25) is 0 Å². The van der Waals surface area contributed by atoms with Crippen molar-refractivity contribution in [2.75, 3.05) is 75.9 Å². The summed E-state index contributed by atoms with van der Waals surface area (Å²) in [6.07, 6.45) is 12.1. The van der Waals surface area contributed by atoms with Crippen LogP contribution in [0.4, 0.5) is 11.4 Å². The third-order valence-corrected chi connectivity index (χ3v) is 28.8. The zero-order chi connectivity index (χ0) is 87.5. The Hall–Kier alpha value is -10.1. The van der Waals surface area contributed by atoms with Crippen LogP contribution < -0.4 is 47.6 Å². The van der Waals surface area contributed by atoms with Gasteiger partial charge < -0.3 is 56.8 Å². The van der Waals surface area contributed by atoms with Gasteiger partial charge in [-0.15, -0.1) is 11.8 Å². The monoisotopic (exact) mass is 1690 g/mol. The number of H-pyrrole nitrogens is 2. The Bertz CT molecular complexity index is 5150. The smallest absolute Gasteiger partial charge is 0.279 e. The average Bonchev–Trinajstić information content (AvgIpc) is 1.47. The van der Waals surface area contributed by atoms with Gasteiger partial charge in [0.25, 0.3) is 17.4 Å². The second-order valence-electron chi connectivity index (χ2n) is 35.7. The molecule has 3 aromatic heterocycles. The number of Topliss-reactive ketones (excluding diaryl/α,β-unsaturated/α-hetero) is 3. The molecule has 15 atom stereocenters. The predicted molar refractivity (Wildman–Crippen MR) is 469 cm³/mol. The van der Waals surface area contributed by atoms with Gasteiger partial charge in [-0.1, -0.05) is 71.4 Å². The number of aromatic nitrogens is 5. The number of nitrogens with zero attached hydrogens (tertiary/aromatic N) is 8. The van der Waals surface area contributed by atoms with Gasteiger partial charge in [0.2, 0.25) is 23.6 Å². The standard InChI is InChI=1S/C91H121N17O13S/c1-12-88(119)47-58-46-87(9,77-64(32-37-106(50-58)51-88)63-22-14-15-23-67(63)101-77)66-43-65-69(44-72(66)121-11)105(10)85-90(65)34-39-107-36-20-33-89(13-2,84(90)107)56(7)91(85,120)86(118)104-103-54(5)31-38-108-75(112)45-73(83(108)117)122-40-19-25-70(110)55(6)97-79(113)53(4)42-71(111)68(24-16-17-26-74(92)93)102-80(114)52(3)41-62(109)21-18-35-94-81(115)59-27-29-60(30-28-59)95-48-61-49-96-78-76(100-61)82(116)99-57(8)98-78/h14-15,20,22-23,27-30,33,43-44,49,52-53,55-56,58,68,73,84-85,95,101,119-120H,12-13,16-19,21,24-26,31-32,34-42,45-48,50-51H2,1-11H3,(H3,92,93)(H,94,115)(H,97,113)(H,102,114)(H,104,118)(H,96,98,99,116)/b103-54-/t52-,53-,55+,56-,58+,68+,73?,84+,85-,87-,88+,89+,90-,91-/m1/s1. The van der Waals surface area contributed by atoms with Gasteiger partial charge in [-0.25, -0.2) is 20.4 Å². The molecule has 12 N–H and O–H groups in total. The third kappa shape index (κ3) is 18.0. The van der Waals surface area contributed by atoms with E-state index in [4.69, 9.17) is 15.9 Å². The summed E-state index contributed by atoms with van der Waals surface area (Å²) in [6, 6.07) is 17.0. The van der Waals surface area contributed by atoms with Gasteiger partial charge in [0.1, 0.15) is 17.4 Å². The Morgan fingerprint density at radius 3 is 2.36 bits per heavy atom. The van der Waals surface area contributed by atoms with Crippen LogP contribution in [0.5, 0.6) is 5.75 Å². The maximum atomic E-state index is 15.6. The van der Waals surface area contributed by atoms with Gasteiger partial charge in [0.05, 0.1) is 60.4 Å². The summed E-state index contributed by atoms with van der Waals surface area (Å²) in [7, 11) is 3.72. The lowest BCUT2D eigenvalue weighted by Crippen LogP contribution is -2.79. The fraction of sp³-hybridized carbons (Fsp3) is 0.571. The van der Waals surface area contributed by atoms with Gasteiger partial charge in [-0.2, -0.15) is 5.10 Å². The number of carbonyl (C=O) groups excluding carboxylic acids is 9. The maximum absolute atomic E-state index is 15.6. The number of para-hydroxylation sites is 1. The second kappa shape index (κ2) is 37.2. The highest BCUT2D eigenvalue weighted by Gasteiger charge is 2.78. The molecule has 7 aliphatic rings. The van der Waals surface area contributed by atoms with Crippen molar-refractivity contribution in [3.05, 3.63) is 129 Å². The molecule has 1 aliphatic carbocycles. The summed E-state index contributed by atoms with van der Waals surface area (Å²) >= 11 is 1.28. The largest absolute Gasteiger partial charge is 0.496 e. The number of piperidine rings is 1. The number of amides is 6. The van der Waals surface area contributed by atoms with Gasteiger partial charge in [0, 0.05) is 182 Å². The number of aliphatic hydroxyl groups is 2. The number of methoxy groups -OCH3 is 1. The van der Waals surface area contributed by atoms with E-state index in [1.165, 1.54) is 33.8 Å². The zero-order valence-electron chi connectivity index (χ0n) is 72.2.